The lowest BCUT2D eigenvalue weighted by Crippen LogP contribution is -2.24. The van der Waals surface area contributed by atoms with Crippen LogP contribution in [0.4, 0.5) is 5.82 Å². The lowest BCUT2D eigenvalue weighted by molar-refractivity contribution is 0.889. The number of anilines is 1. The number of nitrogens with two attached hydrogens (primary N) is 1. The summed E-state index contributed by atoms with van der Waals surface area (Å²) in [5.74, 6) is 0.545. The van der Waals surface area contributed by atoms with Crippen LogP contribution in [0.25, 0.3) is 0 Å². The molecule has 3 N–H and O–H groups in total. The molecule has 0 amide bonds. The molecule has 7 heteroatoms. The summed E-state index contributed by atoms with van der Waals surface area (Å²) in [5.41, 5.74) is 7.09. The average molecular weight is 326 g/mol. The molecule has 94 valence electrons. The first kappa shape index (κ1) is 13.0. The van der Waals surface area contributed by atoms with Gasteiger partial charge in [0.25, 0.3) is 0 Å². The number of nitrogens with zero attached hydrogens (tertiary/aromatic N) is 3. The highest BCUT2D eigenvalue weighted by atomic mass is 79.9. The van der Waals surface area contributed by atoms with Crippen molar-refractivity contribution in [2.45, 2.75) is 6.54 Å². The number of nitrogen functional groups attached to an aromatic ring is 1. The van der Waals surface area contributed by atoms with Crippen LogP contribution in [-0.4, -0.2) is 22.9 Å². The molecule has 0 atom stereocenters. The summed E-state index contributed by atoms with van der Waals surface area (Å²) in [4.78, 5) is 10.3. The van der Waals surface area contributed by atoms with Gasteiger partial charge in [0.05, 0.1) is 3.79 Å². The van der Waals surface area contributed by atoms with Crippen LogP contribution in [-0.2, 0) is 6.54 Å². The highest BCUT2D eigenvalue weighted by molar-refractivity contribution is 9.11. The second-order valence-corrected chi connectivity index (χ2v) is 6.05. The summed E-state index contributed by atoms with van der Waals surface area (Å²) in [7, 11) is 1.90. The van der Waals surface area contributed by atoms with Crippen molar-refractivity contribution in [2.75, 3.05) is 11.9 Å². The second-order valence-electron chi connectivity index (χ2n) is 3.76. The molecule has 0 fully saturated rings. The number of nitrogens with one attached hydrogen (secondary N) is 1. The fourth-order valence-corrected chi connectivity index (χ4v) is 2.78. The van der Waals surface area contributed by atoms with Crippen molar-refractivity contribution >= 4 is 38.9 Å². The molecule has 0 saturated carbocycles. The van der Waals surface area contributed by atoms with Gasteiger partial charge in [-0.05, 0) is 32.9 Å². The minimum atomic E-state index is -0.0727. The molecule has 0 aliphatic rings. The maximum atomic E-state index is 7.50. The third-order valence-corrected chi connectivity index (χ3v) is 3.89. The molecular weight excluding hydrogens is 314 g/mol. The third kappa shape index (κ3) is 2.85. The van der Waals surface area contributed by atoms with Crippen LogP contribution in [0.2, 0.25) is 0 Å². The monoisotopic (exact) mass is 325 g/mol. The summed E-state index contributed by atoms with van der Waals surface area (Å²) in [5, 5.41) is 9.57. The fraction of sp³-hybridized carbons (Fsp3) is 0.182. The van der Waals surface area contributed by atoms with Crippen LogP contribution in [0.15, 0.2) is 27.6 Å². The zero-order valence-electron chi connectivity index (χ0n) is 9.72. The Morgan fingerprint density at radius 1 is 1.50 bits per heavy atom. The summed E-state index contributed by atoms with van der Waals surface area (Å²) in [6.07, 6.45) is 3.14. The summed E-state index contributed by atoms with van der Waals surface area (Å²) in [6.45, 7) is 0.696. The number of rotatable bonds is 4. The lowest BCUT2D eigenvalue weighted by Gasteiger charge is -2.19. The van der Waals surface area contributed by atoms with Crippen LogP contribution in [0.1, 0.15) is 11.3 Å². The van der Waals surface area contributed by atoms with Crippen molar-refractivity contribution in [3.63, 3.8) is 0 Å². The second kappa shape index (κ2) is 5.45. The van der Waals surface area contributed by atoms with E-state index >= 15 is 0 Å². The van der Waals surface area contributed by atoms with Gasteiger partial charge in [0.1, 0.15) is 11.5 Å². The molecule has 0 radical (unpaired) electrons. The van der Waals surface area contributed by atoms with E-state index in [2.05, 4.69) is 37.3 Å². The standard InChI is InChI=1S/C11H12BrN5S/c1-17(5-7-4-8(12)18-6-7)11-9(10(13)14)15-2-3-16-11/h2-4,6H,5H2,1H3,(H3,13,14). The number of aromatic nitrogens is 2. The Bertz CT molecular complexity index is 568. The Balaban J connectivity index is 2.23. The molecule has 0 bridgehead atoms. The van der Waals surface area contributed by atoms with Crippen molar-refractivity contribution in [3.05, 3.63) is 38.9 Å². The van der Waals surface area contributed by atoms with E-state index in [9.17, 15) is 0 Å². The Hall–Kier alpha value is -1.47. The topological polar surface area (TPSA) is 78.9 Å². The maximum absolute atomic E-state index is 7.50. The Labute approximate surface area is 117 Å². The van der Waals surface area contributed by atoms with Gasteiger partial charge in [-0.25, -0.2) is 9.97 Å². The van der Waals surface area contributed by atoms with Gasteiger partial charge < -0.3 is 10.6 Å². The number of thiophene rings is 1. The molecule has 0 saturated heterocycles. The average Bonchev–Trinajstić information content (AvgIpc) is 2.74. The Morgan fingerprint density at radius 2 is 2.22 bits per heavy atom. The van der Waals surface area contributed by atoms with Gasteiger partial charge in [0, 0.05) is 26.0 Å². The van der Waals surface area contributed by atoms with Crippen LogP contribution in [0, 0.1) is 5.41 Å². The van der Waals surface area contributed by atoms with Gasteiger partial charge in [0.2, 0.25) is 0 Å². The van der Waals surface area contributed by atoms with Gasteiger partial charge in [-0.1, -0.05) is 0 Å². The molecule has 0 aliphatic heterocycles. The van der Waals surface area contributed by atoms with Gasteiger partial charge in [0.15, 0.2) is 5.82 Å². The summed E-state index contributed by atoms with van der Waals surface area (Å²) in [6, 6.07) is 2.06. The normalized spacial score (nSPS) is 10.3. The molecule has 0 spiro atoms. The summed E-state index contributed by atoms with van der Waals surface area (Å²) >= 11 is 5.07. The predicted octanol–water partition coefficient (Wildman–Crippen LogP) is 2.22. The van der Waals surface area contributed by atoms with E-state index in [0.717, 1.165) is 3.79 Å². The first-order valence-corrected chi connectivity index (χ1v) is 6.84. The molecule has 2 aromatic heterocycles. The summed E-state index contributed by atoms with van der Waals surface area (Å²) < 4.78 is 1.09. The number of amidine groups is 1. The van der Waals surface area contributed by atoms with E-state index < -0.39 is 0 Å². The van der Waals surface area contributed by atoms with Crippen LogP contribution >= 0.6 is 27.3 Å². The van der Waals surface area contributed by atoms with E-state index in [-0.39, 0.29) is 5.84 Å². The zero-order chi connectivity index (χ0) is 13.1. The SMILES string of the molecule is CN(Cc1csc(Br)c1)c1nccnc1C(=N)N. The van der Waals surface area contributed by atoms with Crippen LogP contribution < -0.4 is 10.6 Å². The van der Waals surface area contributed by atoms with E-state index in [1.807, 2.05) is 11.9 Å². The van der Waals surface area contributed by atoms with E-state index in [0.29, 0.717) is 18.1 Å². The minimum Gasteiger partial charge on any atom is -0.382 e. The van der Waals surface area contributed by atoms with Crippen LogP contribution in [0.5, 0.6) is 0 Å². The molecule has 2 aromatic rings. The third-order valence-electron chi connectivity index (χ3n) is 2.34. The van der Waals surface area contributed by atoms with E-state index in [1.165, 1.54) is 11.8 Å². The highest BCUT2D eigenvalue weighted by Gasteiger charge is 2.13. The van der Waals surface area contributed by atoms with E-state index in [1.54, 1.807) is 17.5 Å². The van der Waals surface area contributed by atoms with Gasteiger partial charge >= 0.3 is 0 Å². The van der Waals surface area contributed by atoms with Crippen molar-refractivity contribution in [1.82, 2.24) is 9.97 Å². The zero-order valence-corrected chi connectivity index (χ0v) is 12.1. The molecular formula is C11H12BrN5S. The van der Waals surface area contributed by atoms with Gasteiger partial charge in [-0.3, -0.25) is 5.41 Å². The quantitative estimate of drug-likeness (QED) is 0.667. The molecule has 2 heterocycles. The first-order valence-electron chi connectivity index (χ1n) is 5.17. The Morgan fingerprint density at radius 3 is 2.83 bits per heavy atom. The van der Waals surface area contributed by atoms with E-state index in [4.69, 9.17) is 11.1 Å². The van der Waals surface area contributed by atoms with Crippen molar-refractivity contribution in [3.8, 4) is 0 Å². The maximum Gasteiger partial charge on any atom is 0.158 e. The molecule has 18 heavy (non-hydrogen) atoms. The predicted molar refractivity (Wildman–Crippen MR) is 77.2 cm³/mol. The van der Waals surface area contributed by atoms with Crippen molar-refractivity contribution in [1.29, 1.82) is 5.41 Å². The largest absolute Gasteiger partial charge is 0.382 e. The van der Waals surface area contributed by atoms with Gasteiger partial charge in [-0.2, -0.15) is 0 Å². The number of halogens is 1. The molecule has 5 nitrogen and oxygen atoms in total. The first-order chi connectivity index (χ1) is 8.58. The number of hydrogen-bond acceptors (Lipinski definition) is 5. The molecule has 0 aromatic carbocycles. The highest BCUT2D eigenvalue weighted by Crippen LogP contribution is 2.23. The molecule has 0 unspecified atom stereocenters. The van der Waals surface area contributed by atoms with Crippen molar-refractivity contribution in [2.24, 2.45) is 5.73 Å². The molecule has 2 rings (SSSR count). The minimum absolute atomic E-state index is 0.0727. The lowest BCUT2D eigenvalue weighted by atomic mass is 10.3. The smallest absolute Gasteiger partial charge is 0.158 e. The number of hydrogen-bond donors (Lipinski definition) is 2. The van der Waals surface area contributed by atoms with Gasteiger partial charge in [-0.15, -0.1) is 11.3 Å². The van der Waals surface area contributed by atoms with Crippen molar-refractivity contribution < 1.29 is 0 Å². The Kier molecular flexibility index (Phi) is 3.93. The molecule has 0 aliphatic carbocycles. The fourth-order valence-electron chi connectivity index (χ4n) is 1.58. The van der Waals surface area contributed by atoms with Crippen LogP contribution in [0.3, 0.4) is 0 Å².